The van der Waals surface area contributed by atoms with Crippen LogP contribution in [0.2, 0.25) is 0 Å². The topological polar surface area (TPSA) is 37.4 Å². The van der Waals surface area contributed by atoms with E-state index in [1.54, 1.807) is 7.11 Å². The highest BCUT2D eigenvalue weighted by Crippen LogP contribution is 2.37. The van der Waals surface area contributed by atoms with E-state index >= 15 is 0 Å². The minimum Gasteiger partial charge on any atom is -0.496 e. The van der Waals surface area contributed by atoms with Gasteiger partial charge in [0.15, 0.2) is 0 Å². The summed E-state index contributed by atoms with van der Waals surface area (Å²) >= 11 is 1.93. The molecule has 1 N–H and O–H groups in total. The molecule has 4 nitrogen and oxygen atoms in total. The van der Waals surface area contributed by atoms with Gasteiger partial charge < -0.3 is 10.1 Å². The van der Waals surface area contributed by atoms with Crippen LogP contribution in [0, 0.1) is 0 Å². The zero-order chi connectivity index (χ0) is 17.1. The molecule has 2 heterocycles. The quantitative estimate of drug-likeness (QED) is 0.879. The van der Waals surface area contributed by atoms with Crippen LogP contribution in [0.5, 0.6) is 5.75 Å². The summed E-state index contributed by atoms with van der Waals surface area (Å²) < 4.78 is 5.60. The van der Waals surface area contributed by atoms with Crippen LogP contribution in [-0.4, -0.2) is 36.6 Å². The van der Waals surface area contributed by atoms with E-state index in [1.807, 2.05) is 17.4 Å². The fourth-order valence-corrected chi connectivity index (χ4v) is 5.25. The maximum atomic E-state index is 5.60. The number of thiazole rings is 1. The third-order valence-corrected chi connectivity index (χ3v) is 6.63. The molecular formula is C20H27N3OS. The monoisotopic (exact) mass is 357 g/mol. The fraction of sp³-hybridized carbons (Fsp3) is 0.550. The number of nitrogens with one attached hydrogen (secondary N) is 1. The normalized spacial score (nSPS) is 22.4. The lowest BCUT2D eigenvalue weighted by Crippen LogP contribution is -2.45. The molecule has 0 bridgehead atoms. The van der Waals surface area contributed by atoms with Gasteiger partial charge in [0.1, 0.15) is 5.75 Å². The second-order valence-electron chi connectivity index (χ2n) is 7.08. The zero-order valence-electron chi connectivity index (χ0n) is 14.9. The number of methoxy groups -OCH3 is 1. The number of rotatable bonds is 5. The molecule has 134 valence electrons. The molecule has 0 amide bonds. The predicted octanol–water partition coefficient (Wildman–Crippen LogP) is 3.96. The number of nitrogens with zero attached hydrogens (tertiary/aromatic N) is 2. The summed E-state index contributed by atoms with van der Waals surface area (Å²) in [5.41, 5.74) is 1.28. The molecule has 1 aliphatic carbocycles. The van der Waals surface area contributed by atoms with E-state index < -0.39 is 0 Å². The lowest BCUT2D eigenvalue weighted by atomic mass is 10.0. The van der Waals surface area contributed by atoms with Crippen molar-refractivity contribution in [2.45, 2.75) is 44.2 Å². The molecule has 25 heavy (non-hydrogen) atoms. The highest BCUT2D eigenvalue weighted by molar-refractivity contribution is 7.11. The van der Waals surface area contributed by atoms with E-state index in [2.05, 4.69) is 34.6 Å². The molecule has 5 heteroatoms. The third kappa shape index (κ3) is 3.73. The first kappa shape index (κ1) is 17.0. The first-order chi connectivity index (χ1) is 12.3. The predicted molar refractivity (Wildman–Crippen MR) is 102 cm³/mol. The van der Waals surface area contributed by atoms with Gasteiger partial charge in [0.05, 0.1) is 18.2 Å². The number of hydrogen-bond acceptors (Lipinski definition) is 5. The van der Waals surface area contributed by atoms with Gasteiger partial charge in [-0.25, -0.2) is 4.98 Å². The van der Waals surface area contributed by atoms with Gasteiger partial charge in [-0.2, -0.15) is 0 Å². The van der Waals surface area contributed by atoms with Crippen molar-refractivity contribution in [3.63, 3.8) is 0 Å². The second kappa shape index (κ2) is 7.85. The van der Waals surface area contributed by atoms with Crippen molar-refractivity contribution in [2.75, 3.05) is 26.7 Å². The largest absolute Gasteiger partial charge is 0.496 e. The zero-order valence-corrected chi connectivity index (χ0v) is 15.7. The molecule has 1 saturated heterocycles. The van der Waals surface area contributed by atoms with Crippen LogP contribution < -0.4 is 10.1 Å². The Morgan fingerprint density at radius 2 is 2.12 bits per heavy atom. The Labute approximate surface area is 154 Å². The smallest absolute Gasteiger partial charge is 0.123 e. The Morgan fingerprint density at radius 3 is 2.96 bits per heavy atom. The molecule has 2 fully saturated rings. The van der Waals surface area contributed by atoms with Gasteiger partial charge in [-0.15, -0.1) is 11.3 Å². The lowest BCUT2D eigenvalue weighted by molar-refractivity contribution is 0.152. The van der Waals surface area contributed by atoms with Crippen LogP contribution in [0.3, 0.4) is 0 Å². The maximum Gasteiger partial charge on any atom is 0.123 e. The fourth-order valence-electron chi connectivity index (χ4n) is 4.14. The number of benzene rings is 1. The van der Waals surface area contributed by atoms with Crippen molar-refractivity contribution >= 4 is 11.3 Å². The third-order valence-electron chi connectivity index (χ3n) is 5.49. The molecule has 0 radical (unpaired) electrons. The molecule has 1 unspecified atom stereocenters. The van der Waals surface area contributed by atoms with Crippen molar-refractivity contribution in [2.24, 2.45) is 0 Å². The van der Waals surface area contributed by atoms with Crippen LogP contribution in [0.1, 0.15) is 53.1 Å². The Balaban J connectivity index is 1.51. The number of hydrogen-bond donors (Lipinski definition) is 1. The van der Waals surface area contributed by atoms with Gasteiger partial charge in [0.25, 0.3) is 0 Å². The van der Waals surface area contributed by atoms with Gasteiger partial charge in [-0.3, -0.25) is 4.90 Å². The van der Waals surface area contributed by atoms with Gasteiger partial charge in [0, 0.05) is 48.7 Å². The number of para-hydroxylation sites is 1. The van der Waals surface area contributed by atoms with E-state index in [0.717, 1.165) is 31.9 Å². The van der Waals surface area contributed by atoms with E-state index in [-0.39, 0.29) is 0 Å². The molecule has 2 aromatic rings. The molecular weight excluding hydrogens is 330 g/mol. The van der Waals surface area contributed by atoms with Crippen LogP contribution in [-0.2, 0) is 6.54 Å². The summed E-state index contributed by atoms with van der Waals surface area (Å²) in [6.45, 7) is 4.04. The Hall–Kier alpha value is -1.43. The van der Waals surface area contributed by atoms with E-state index in [0.29, 0.717) is 12.0 Å². The summed E-state index contributed by atoms with van der Waals surface area (Å²) in [7, 11) is 1.76. The lowest BCUT2D eigenvalue weighted by Gasteiger charge is -2.36. The maximum absolute atomic E-state index is 5.60. The minimum absolute atomic E-state index is 0.349. The summed E-state index contributed by atoms with van der Waals surface area (Å²) in [5, 5.41) is 4.90. The molecule has 4 rings (SSSR count). The number of aromatic nitrogens is 1. The van der Waals surface area contributed by atoms with Crippen molar-refractivity contribution in [1.29, 1.82) is 0 Å². The highest BCUT2D eigenvalue weighted by atomic mass is 32.1. The second-order valence-corrected chi connectivity index (χ2v) is 8.23. The summed E-state index contributed by atoms with van der Waals surface area (Å²) in [6, 6.07) is 8.75. The summed E-state index contributed by atoms with van der Waals surface area (Å²) in [4.78, 5) is 8.71. The van der Waals surface area contributed by atoms with Crippen LogP contribution in [0.15, 0.2) is 30.5 Å². The molecule has 0 spiro atoms. The van der Waals surface area contributed by atoms with Crippen molar-refractivity contribution < 1.29 is 4.74 Å². The van der Waals surface area contributed by atoms with Crippen LogP contribution in [0.4, 0.5) is 0 Å². The summed E-state index contributed by atoms with van der Waals surface area (Å²) in [5.74, 6) is 1.70. The van der Waals surface area contributed by atoms with Gasteiger partial charge in [-0.1, -0.05) is 31.0 Å². The first-order valence-electron chi connectivity index (χ1n) is 9.37. The van der Waals surface area contributed by atoms with E-state index in [4.69, 9.17) is 9.72 Å². The van der Waals surface area contributed by atoms with Crippen molar-refractivity contribution in [3.8, 4) is 5.75 Å². The standard InChI is InChI=1S/C20H27N3OS/c1-24-19-9-5-4-8-17(19)18-13-21-10-11-23(18)14-16-12-22-20(25-16)15-6-2-3-7-15/h4-5,8-9,12,15,18,21H,2-3,6-7,10-11,13-14H2,1H3. The van der Waals surface area contributed by atoms with Crippen LogP contribution in [0.25, 0.3) is 0 Å². The first-order valence-corrected chi connectivity index (χ1v) is 10.2. The van der Waals surface area contributed by atoms with Crippen molar-refractivity contribution in [1.82, 2.24) is 15.2 Å². The highest BCUT2D eigenvalue weighted by Gasteiger charge is 2.27. The van der Waals surface area contributed by atoms with Gasteiger partial charge in [0.2, 0.25) is 0 Å². The molecule has 1 saturated carbocycles. The molecule has 1 aromatic carbocycles. The van der Waals surface area contributed by atoms with E-state index in [9.17, 15) is 0 Å². The van der Waals surface area contributed by atoms with Gasteiger partial charge in [-0.05, 0) is 18.9 Å². The SMILES string of the molecule is COc1ccccc1C1CNCCN1Cc1cnc(C2CCCC2)s1. The molecule has 1 aliphatic heterocycles. The average molecular weight is 358 g/mol. The van der Waals surface area contributed by atoms with Crippen molar-refractivity contribution in [3.05, 3.63) is 45.9 Å². The number of ether oxygens (including phenoxy) is 1. The Kier molecular flexibility index (Phi) is 5.34. The van der Waals surface area contributed by atoms with Crippen LogP contribution >= 0.6 is 11.3 Å². The summed E-state index contributed by atoms with van der Waals surface area (Å²) in [6.07, 6.45) is 7.50. The van der Waals surface area contributed by atoms with Gasteiger partial charge >= 0.3 is 0 Å². The minimum atomic E-state index is 0.349. The molecule has 2 aliphatic rings. The Bertz CT molecular complexity index is 696. The number of piperazine rings is 1. The van der Waals surface area contributed by atoms with E-state index in [1.165, 1.54) is 41.1 Å². The molecule has 1 atom stereocenters. The average Bonchev–Trinajstić information content (AvgIpc) is 3.34. The molecule has 1 aromatic heterocycles. The Morgan fingerprint density at radius 1 is 1.28 bits per heavy atom.